The largest absolute Gasteiger partial charge is 0.445 e. The zero-order valence-corrected chi connectivity index (χ0v) is 22.7. The van der Waals surface area contributed by atoms with Gasteiger partial charge in [0.2, 0.25) is 17.7 Å². The van der Waals surface area contributed by atoms with Crippen LogP contribution in [-0.4, -0.2) is 53.1 Å². The third-order valence-corrected chi connectivity index (χ3v) is 6.32. The second-order valence-electron chi connectivity index (χ2n) is 9.97. The summed E-state index contributed by atoms with van der Waals surface area (Å²) in [5.74, 6) is -2.20. The van der Waals surface area contributed by atoms with Crippen LogP contribution in [0.15, 0.2) is 60.8 Å². The Morgan fingerprint density at radius 3 is 2.35 bits per heavy atom. The molecule has 0 unspecified atom stereocenters. The van der Waals surface area contributed by atoms with E-state index >= 15 is 0 Å². The van der Waals surface area contributed by atoms with E-state index in [0.29, 0.717) is 6.42 Å². The number of para-hydroxylation sites is 1. The number of aromatic nitrogens is 1. The second-order valence-corrected chi connectivity index (χ2v) is 9.97. The third kappa shape index (κ3) is 9.42. The van der Waals surface area contributed by atoms with Gasteiger partial charge in [-0.2, -0.15) is 0 Å². The lowest BCUT2D eigenvalue weighted by molar-refractivity contribution is -0.136. The Labute approximate surface area is 233 Å². The summed E-state index contributed by atoms with van der Waals surface area (Å²) in [5.41, 5.74) is 4.17. The van der Waals surface area contributed by atoms with Crippen molar-refractivity contribution in [2.24, 2.45) is 11.8 Å². The number of amides is 4. The summed E-state index contributed by atoms with van der Waals surface area (Å²) in [6.07, 6.45) is 1.58. The van der Waals surface area contributed by atoms with Crippen molar-refractivity contribution >= 4 is 34.7 Å². The molecule has 11 nitrogen and oxygen atoms in total. The molecule has 4 amide bonds. The third-order valence-electron chi connectivity index (χ3n) is 6.32. The van der Waals surface area contributed by atoms with Gasteiger partial charge in [-0.25, -0.2) is 10.3 Å². The lowest BCUT2D eigenvalue weighted by Gasteiger charge is -2.23. The first-order valence-corrected chi connectivity index (χ1v) is 13.3. The van der Waals surface area contributed by atoms with Crippen LogP contribution >= 0.6 is 0 Å². The molecule has 3 aromatic rings. The SMILES string of the molecule is CC(C)C[C@H](CC(=O)NO)C(=O)N[C@@H](Cc1c[nH]c2ccccc12)C(=O)NCCNC(=O)OCc1ccccc1. The number of carbonyl (C=O) groups excluding carboxylic acids is 4. The smallest absolute Gasteiger partial charge is 0.407 e. The average Bonchev–Trinajstić information content (AvgIpc) is 3.36. The fourth-order valence-corrected chi connectivity index (χ4v) is 4.39. The van der Waals surface area contributed by atoms with Gasteiger partial charge in [-0.05, 0) is 29.5 Å². The van der Waals surface area contributed by atoms with Gasteiger partial charge in [-0.3, -0.25) is 19.6 Å². The number of nitrogens with one attached hydrogen (secondary N) is 5. The van der Waals surface area contributed by atoms with Crippen LogP contribution in [0.1, 0.15) is 37.8 Å². The minimum Gasteiger partial charge on any atom is -0.445 e. The highest BCUT2D eigenvalue weighted by atomic mass is 16.5. The van der Waals surface area contributed by atoms with E-state index in [1.165, 1.54) is 0 Å². The number of aromatic amines is 1. The fraction of sp³-hybridized carbons (Fsp3) is 0.379. The molecule has 3 rings (SSSR count). The standard InChI is InChI=1S/C29H37N5O6/c1-19(2)14-21(16-26(35)34-39)27(36)33-25(15-22-17-32-24-11-7-6-10-23(22)24)28(37)30-12-13-31-29(38)40-18-20-8-4-3-5-9-20/h3-11,17,19,21,25,32,39H,12-16,18H2,1-2H3,(H,30,37)(H,31,38)(H,33,36)(H,34,35)/t21-,25+/m1/s1. The molecule has 2 aromatic carbocycles. The first-order valence-electron chi connectivity index (χ1n) is 13.3. The number of benzene rings is 2. The molecular weight excluding hydrogens is 514 g/mol. The van der Waals surface area contributed by atoms with Crippen LogP contribution in [0.4, 0.5) is 4.79 Å². The number of hydrogen-bond acceptors (Lipinski definition) is 6. The van der Waals surface area contributed by atoms with Gasteiger partial charge in [-0.1, -0.05) is 62.4 Å². The maximum Gasteiger partial charge on any atom is 0.407 e. The summed E-state index contributed by atoms with van der Waals surface area (Å²) in [6.45, 7) is 4.21. The van der Waals surface area contributed by atoms with E-state index < -0.39 is 35.8 Å². The van der Waals surface area contributed by atoms with E-state index in [2.05, 4.69) is 20.9 Å². The predicted octanol–water partition coefficient (Wildman–Crippen LogP) is 2.80. The van der Waals surface area contributed by atoms with E-state index in [1.807, 2.05) is 68.4 Å². The molecule has 0 aliphatic rings. The number of rotatable bonds is 14. The van der Waals surface area contributed by atoms with Gasteiger partial charge in [0.05, 0.1) is 0 Å². The first kappa shape index (κ1) is 30.2. The topological polar surface area (TPSA) is 162 Å². The molecule has 0 aliphatic carbocycles. The maximum atomic E-state index is 13.2. The first-order chi connectivity index (χ1) is 19.3. The molecule has 6 N–H and O–H groups in total. The summed E-state index contributed by atoms with van der Waals surface area (Å²) in [5, 5.41) is 18.0. The summed E-state index contributed by atoms with van der Waals surface area (Å²) in [6, 6.07) is 16.0. The number of alkyl carbamates (subject to hydrolysis) is 1. The zero-order valence-electron chi connectivity index (χ0n) is 22.7. The fourth-order valence-electron chi connectivity index (χ4n) is 4.39. The van der Waals surface area contributed by atoms with E-state index in [9.17, 15) is 19.2 Å². The Morgan fingerprint density at radius 2 is 1.62 bits per heavy atom. The van der Waals surface area contributed by atoms with Crippen LogP contribution in [0.5, 0.6) is 0 Å². The molecule has 0 saturated carbocycles. The molecule has 214 valence electrons. The van der Waals surface area contributed by atoms with Crippen molar-refractivity contribution < 1.29 is 29.1 Å². The molecule has 0 bridgehead atoms. The van der Waals surface area contributed by atoms with Gasteiger partial charge in [0.25, 0.3) is 0 Å². The van der Waals surface area contributed by atoms with Crippen molar-refractivity contribution in [3.8, 4) is 0 Å². The Bertz CT molecular complexity index is 1280. The minimum absolute atomic E-state index is 0.107. The van der Waals surface area contributed by atoms with Gasteiger partial charge in [0.15, 0.2) is 0 Å². The number of fused-ring (bicyclic) bond motifs is 1. The summed E-state index contributed by atoms with van der Waals surface area (Å²) in [7, 11) is 0. The summed E-state index contributed by atoms with van der Waals surface area (Å²) in [4.78, 5) is 53.4. The van der Waals surface area contributed by atoms with E-state index in [4.69, 9.17) is 9.94 Å². The predicted molar refractivity (Wildman–Crippen MR) is 149 cm³/mol. The van der Waals surface area contributed by atoms with Gasteiger partial charge in [-0.15, -0.1) is 0 Å². The molecule has 0 fully saturated rings. The van der Waals surface area contributed by atoms with Crippen LogP contribution < -0.4 is 21.4 Å². The van der Waals surface area contributed by atoms with Crippen molar-refractivity contribution in [3.63, 3.8) is 0 Å². The van der Waals surface area contributed by atoms with Crippen LogP contribution in [0.2, 0.25) is 0 Å². The van der Waals surface area contributed by atoms with E-state index in [-0.39, 0.29) is 38.5 Å². The lowest BCUT2D eigenvalue weighted by Crippen LogP contribution is -2.51. The van der Waals surface area contributed by atoms with Crippen LogP contribution in [0.25, 0.3) is 10.9 Å². The highest BCUT2D eigenvalue weighted by Crippen LogP contribution is 2.20. The number of hydrogen-bond donors (Lipinski definition) is 6. The minimum atomic E-state index is -0.941. The van der Waals surface area contributed by atoms with Crippen LogP contribution in [0.3, 0.4) is 0 Å². The summed E-state index contributed by atoms with van der Waals surface area (Å²) >= 11 is 0. The number of ether oxygens (including phenoxy) is 1. The normalized spacial score (nSPS) is 12.4. The Balaban J connectivity index is 1.62. The molecule has 1 aromatic heterocycles. The highest BCUT2D eigenvalue weighted by molar-refractivity contribution is 5.91. The highest BCUT2D eigenvalue weighted by Gasteiger charge is 2.28. The monoisotopic (exact) mass is 551 g/mol. The second kappa shape index (κ2) is 15.3. The molecule has 0 saturated heterocycles. The molecule has 0 radical (unpaired) electrons. The molecule has 1 heterocycles. The molecule has 11 heteroatoms. The van der Waals surface area contributed by atoms with Crippen molar-refractivity contribution in [2.75, 3.05) is 13.1 Å². The Morgan fingerprint density at radius 1 is 0.925 bits per heavy atom. The van der Waals surface area contributed by atoms with Gasteiger partial charge in [0, 0.05) is 48.9 Å². The molecule has 2 atom stereocenters. The Hall–Kier alpha value is -4.38. The number of H-pyrrole nitrogens is 1. The molecule has 0 aliphatic heterocycles. The van der Waals surface area contributed by atoms with Crippen molar-refractivity contribution in [3.05, 3.63) is 71.9 Å². The quantitative estimate of drug-likeness (QED) is 0.103. The van der Waals surface area contributed by atoms with Crippen LogP contribution in [-0.2, 0) is 32.1 Å². The number of hydroxylamine groups is 1. The van der Waals surface area contributed by atoms with Crippen LogP contribution in [0, 0.1) is 11.8 Å². The van der Waals surface area contributed by atoms with Crippen molar-refractivity contribution in [1.29, 1.82) is 0 Å². The average molecular weight is 552 g/mol. The van der Waals surface area contributed by atoms with E-state index in [1.54, 1.807) is 11.7 Å². The van der Waals surface area contributed by atoms with Gasteiger partial charge >= 0.3 is 6.09 Å². The molecule has 40 heavy (non-hydrogen) atoms. The molecule has 0 spiro atoms. The Kier molecular flexibility index (Phi) is 11.5. The lowest BCUT2D eigenvalue weighted by atomic mass is 9.92. The molecular formula is C29H37N5O6. The zero-order chi connectivity index (χ0) is 28.9. The van der Waals surface area contributed by atoms with Gasteiger partial charge < -0.3 is 25.7 Å². The number of carbonyl (C=O) groups is 4. The van der Waals surface area contributed by atoms with Crippen molar-refractivity contribution in [1.82, 2.24) is 26.4 Å². The van der Waals surface area contributed by atoms with E-state index in [0.717, 1.165) is 22.0 Å². The van der Waals surface area contributed by atoms with Crippen molar-refractivity contribution in [2.45, 2.75) is 45.8 Å². The maximum absolute atomic E-state index is 13.2. The summed E-state index contributed by atoms with van der Waals surface area (Å²) < 4.78 is 5.17. The van der Waals surface area contributed by atoms with Gasteiger partial charge in [0.1, 0.15) is 12.6 Å².